The molecule has 106 valence electrons. The number of rotatable bonds is 8. The fourth-order valence-electron chi connectivity index (χ4n) is 1.62. The number of carbonyl (C=O) groups excluding carboxylic acids is 1. The summed E-state index contributed by atoms with van der Waals surface area (Å²) in [4.78, 5) is 11.6. The molecule has 1 rings (SSSR count). The number of nitrogens with one attached hydrogen (secondary N) is 1. The normalized spacial score (nSPS) is 11.9. The third-order valence-electron chi connectivity index (χ3n) is 2.83. The Bertz CT molecular complexity index is 375. The highest BCUT2D eigenvalue weighted by molar-refractivity contribution is 5.76. The first kappa shape index (κ1) is 15.5. The van der Waals surface area contributed by atoms with Crippen LogP contribution in [0, 0.1) is 5.92 Å². The van der Waals surface area contributed by atoms with Crippen molar-refractivity contribution in [2.75, 3.05) is 19.8 Å². The topological polar surface area (TPSA) is 58.6 Å². The van der Waals surface area contributed by atoms with Crippen LogP contribution < -0.4 is 10.1 Å². The molecule has 4 nitrogen and oxygen atoms in total. The third kappa shape index (κ3) is 6.25. The highest BCUT2D eigenvalue weighted by Crippen LogP contribution is 2.13. The van der Waals surface area contributed by atoms with Crippen LogP contribution in [-0.4, -0.2) is 30.8 Å². The van der Waals surface area contributed by atoms with Crippen LogP contribution in [0.4, 0.5) is 0 Å². The monoisotopic (exact) mass is 265 g/mol. The number of benzene rings is 1. The Labute approximate surface area is 114 Å². The van der Waals surface area contributed by atoms with Gasteiger partial charge in [0.25, 0.3) is 0 Å². The molecule has 1 unspecified atom stereocenters. The predicted octanol–water partition coefficient (Wildman–Crippen LogP) is 1.76. The summed E-state index contributed by atoms with van der Waals surface area (Å²) >= 11 is 0. The Kier molecular flexibility index (Phi) is 6.97. The molecule has 1 atom stereocenters. The van der Waals surface area contributed by atoms with Gasteiger partial charge in [-0.25, -0.2) is 0 Å². The molecule has 0 saturated carbocycles. The minimum Gasteiger partial charge on any atom is -0.494 e. The quantitative estimate of drug-likeness (QED) is 0.753. The van der Waals surface area contributed by atoms with Gasteiger partial charge in [-0.3, -0.25) is 4.79 Å². The van der Waals surface area contributed by atoms with E-state index in [0.717, 1.165) is 11.3 Å². The lowest BCUT2D eigenvalue weighted by atomic mass is 10.1. The molecule has 0 heterocycles. The lowest BCUT2D eigenvalue weighted by Gasteiger charge is -2.09. The molecule has 2 N–H and O–H groups in total. The fourth-order valence-corrected chi connectivity index (χ4v) is 1.62. The van der Waals surface area contributed by atoms with Crippen LogP contribution in [0.5, 0.6) is 5.75 Å². The van der Waals surface area contributed by atoms with Crippen LogP contribution in [0.15, 0.2) is 24.3 Å². The van der Waals surface area contributed by atoms with Crippen LogP contribution >= 0.6 is 0 Å². The van der Waals surface area contributed by atoms with Crippen molar-refractivity contribution in [3.8, 4) is 5.75 Å². The van der Waals surface area contributed by atoms with Gasteiger partial charge in [-0.05, 0) is 37.0 Å². The summed E-state index contributed by atoms with van der Waals surface area (Å²) in [5, 5.41) is 11.7. The van der Waals surface area contributed by atoms with Crippen LogP contribution in [0.25, 0.3) is 0 Å². The Morgan fingerprint density at radius 1 is 1.37 bits per heavy atom. The second kappa shape index (κ2) is 8.53. The molecule has 0 saturated heterocycles. The van der Waals surface area contributed by atoms with E-state index in [9.17, 15) is 4.79 Å². The first-order chi connectivity index (χ1) is 9.15. The minimum absolute atomic E-state index is 0.0224. The number of aliphatic hydroxyl groups is 1. The molecule has 4 heteroatoms. The van der Waals surface area contributed by atoms with E-state index in [1.807, 2.05) is 38.1 Å². The van der Waals surface area contributed by atoms with Crippen molar-refractivity contribution in [1.82, 2.24) is 5.32 Å². The number of aliphatic hydroxyl groups excluding tert-OH is 1. The van der Waals surface area contributed by atoms with Crippen molar-refractivity contribution in [3.63, 3.8) is 0 Å². The lowest BCUT2D eigenvalue weighted by Crippen LogP contribution is -2.29. The second-order valence-corrected chi connectivity index (χ2v) is 4.67. The zero-order chi connectivity index (χ0) is 14.1. The highest BCUT2D eigenvalue weighted by Gasteiger charge is 2.05. The van der Waals surface area contributed by atoms with Gasteiger partial charge in [0.2, 0.25) is 5.91 Å². The molecular formula is C15H23NO3. The van der Waals surface area contributed by atoms with Gasteiger partial charge in [-0.2, -0.15) is 0 Å². The average Bonchev–Trinajstić information content (AvgIpc) is 2.44. The number of amides is 1. The van der Waals surface area contributed by atoms with Gasteiger partial charge >= 0.3 is 0 Å². The average molecular weight is 265 g/mol. The van der Waals surface area contributed by atoms with E-state index in [1.54, 1.807) is 0 Å². The summed E-state index contributed by atoms with van der Waals surface area (Å²) in [5.41, 5.74) is 1.12. The first-order valence-electron chi connectivity index (χ1n) is 6.75. The Balaban J connectivity index is 2.29. The number of aryl methyl sites for hydroxylation is 1. The maximum Gasteiger partial charge on any atom is 0.220 e. The van der Waals surface area contributed by atoms with Crippen LogP contribution in [0.1, 0.15) is 25.8 Å². The van der Waals surface area contributed by atoms with E-state index in [0.29, 0.717) is 26.0 Å². The van der Waals surface area contributed by atoms with Gasteiger partial charge in [0.05, 0.1) is 6.61 Å². The second-order valence-electron chi connectivity index (χ2n) is 4.67. The number of hydrogen-bond donors (Lipinski definition) is 2. The molecule has 0 bridgehead atoms. The predicted molar refractivity (Wildman–Crippen MR) is 75.2 cm³/mol. The van der Waals surface area contributed by atoms with Crippen molar-refractivity contribution in [2.24, 2.45) is 5.92 Å². The van der Waals surface area contributed by atoms with Gasteiger partial charge in [-0.15, -0.1) is 0 Å². The Hall–Kier alpha value is -1.55. The summed E-state index contributed by atoms with van der Waals surface area (Å²) in [5.74, 6) is 0.982. The fraction of sp³-hybridized carbons (Fsp3) is 0.533. The van der Waals surface area contributed by atoms with Gasteiger partial charge in [0.15, 0.2) is 0 Å². The molecule has 1 aromatic rings. The Morgan fingerprint density at radius 2 is 2.05 bits per heavy atom. The molecule has 1 amide bonds. The molecule has 0 spiro atoms. The standard InChI is InChI=1S/C15H23NO3/c1-3-19-14-7-4-13(5-8-14)6-9-15(18)16-10-12(2)11-17/h4-5,7-8,12,17H,3,6,9-11H2,1-2H3,(H,16,18). The number of ether oxygens (including phenoxy) is 1. The Morgan fingerprint density at radius 3 is 2.63 bits per heavy atom. The van der Waals surface area contributed by atoms with Gasteiger partial charge < -0.3 is 15.2 Å². The van der Waals surface area contributed by atoms with Crippen molar-refractivity contribution in [3.05, 3.63) is 29.8 Å². The summed E-state index contributed by atoms with van der Waals surface area (Å²) in [7, 11) is 0. The first-order valence-corrected chi connectivity index (χ1v) is 6.75. The van der Waals surface area contributed by atoms with Crippen molar-refractivity contribution in [1.29, 1.82) is 0 Å². The summed E-state index contributed by atoms with van der Waals surface area (Å²) < 4.78 is 5.36. The number of carbonyl (C=O) groups is 1. The van der Waals surface area contributed by atoms with Crippen LogP contribution in [0.3, 0.4) is 0 Å². The molecular weight excluding hydrogens is 242 g/mol. The third-order valence-corrected chi connectivity index (χ3v) is 2.83. The van der Waals surface area contributed by atoms with E-state index in [2.05, 4.69) is 5.32 Å². The van der Waals surface area contributed by atoms with Gasteiger partial charge in [0.1, 0.15) is 5.75 Å². The SMILES string of the molecule is CCOc1ccc(CCC(=O)NCC(C)CO)cc1. The maximum atomic E-state index is 11.6. The van der Waals surface area contributed by atoms with Gasteiger partial charge in [-0.1, -0.05) is 19.1 Å². The van der Waals surface area contributed by atoms with E-state index < -0.39 is 0 Å². The molecule has 19 heavy (non-hydrogen) atoms. The summed E-state index contributed by atoms with van der Waals surface area (Å²) in [6, 6.07) is 7.80. The van der Waals surface area contributed by atoms with Crippen LogP contribution in [-0.2, 0) is 11.2 Å². The highest BCUT2D eigenvalue weighted by atomic mass is 16.5. The maximum absolute atomic E-state index is 11.6. The summed E-state index contributed by atoms with van der Waals surface area (Å²) in [6.07, 6.45) is 1.18. The zero-order valence-corrected chi connectivity index (χ0v) is 11.7. The van der Waals surface area contributed by atoms with E-state index in [4.69, 9.17) is 9.84 Å². The molecule has 1 aromatic carbocycles. The molecule has 0 aromatic heterocycles. The van der Waals surface area contributed by atoms with Crippen molar-refractivity contribution < 1.29 is 14.6 Å². The molecule has 0 aliphatic rings. The van der Waals surface area contributed by atoms with E-state index in [-0.39, 0.29) is 18.4 Å². The largest absolute Gasteiger partial charge is 0.494 e. The molecule has 0 radical (unpaired) electrons. The number of hydrogen-bond acceptors (Lipinski definition) is 3. The van der Waals surface area contributed by atoms with E-state index >= 15 is 0 Å². The van der Waals surface area contributed by atoms with Crippen LogP contribution in [0.2, 0.25) is 0 Å². The van der Waals surface area contributed by atoms with Gasteiger partial charge in [0, 0.05) is 19.6 Å². The smallest absolute Gasteiger partial charge is 0.220 e. The molecule has 0 aliphatic carbocycles. The van der Waals surface area contributed by atoms with E-state index in [1.165, 1.54) is 0 Å². The zero-order valence-electron chi connectivity index (χ0n) is 11.7. The molecule has 0 aliphatic heterocycles. The van der Waals surface area contributed by atoms with Crippen molar-refractivity contribution >= 4 is 5.91 Å². The summed E-state index contributed by atoms with van der Waals surface area (Å²) in [6.45, 7) is 5.13. The lowest BCUT2D eigenvalue weighted by molar-refractivity contribution is -0.121. The van der Waals surface area contributed by atoms with Crippen molar-refractivity contribution in [2.45, 2.75) is 26.7 Å². The minimum atomic E-state index is 0.0224. The molecule has 0 fully saturated rings.